The second-order valence-corrected chi connectivity index (χ2v) is 9.47. The summed E-state index contributed by atoms with van der Waals surface area (Å²) in [6.45, 7) is 0.295. The lowest BCUT2D eigenvalue weighted by Gasteiger charge is -2.09. The molecule has 174 valence electrons. The number of nitrogens with one attached hydrogen (secondary N) is 1. The largest absolute Gasteiger partial charge is 0.346 e. The van der Waals surface area contributed by atoms with Crippen LogP contribution in [0, 0.1) is 0 Å². The molecule has 5 nitrogen and oxygen atoms in total. The second kappa shape index (κ2) is 9.68. The van der Waals surface area contributed by atoms with Gasteiger partial charge in [0.05, 0.1) is 17.9 Å². The minimum Gasteiger partial charge on any atom is -0.346 e. The van der Waals surface area contributed by atoms with E-state index in [4.69, 9.17) is 10.1 Å². The monoisotopic (exact) mass is 486 g/mol. The van der Waals surface area contributed by atoms with Crippen molar-refractivity contribution in [2.75, 3.05) is 0 Å². The molecule has 6 heteroatoms. The highest BCUT2D eigenvalue weighted by Crippen LogP contribution is 2.30. The molecule has 0 bridgehead atoms. The van der Waals surface area contributed by atoms with Crippen molar-refractivity contribution in [1.29, 1.82) is 0 Å². The molecular weight excluding hydrogens is 464 g/mol. The number of benzene rings is 4. The van der Waals surface area contributed by atoms with Crippen LogP contribution in [0.25, 0.3) is 27.7 Å². The van der Waals surface area contributed by atoms with Crippen LogP contribution in [-0.4, -0.2) is 20.5 Å². The molecule has 0 saturated heterocycles. The highest BCUT2D eigenvalue weighted by Gasteiger charge is 2.18. The van der Waals surface area contributed by atoms with Gasteiger partial charge in [0.15, 0.2) is 5.65 Å². The van der Waals surface area contributed by atoms with Crippen LogP contribution in [0.4, 0.5) is 0 Å². The van der Waals surface area contributed by atoms with Crippen molar-refractivity contribution >= 4 is 34.1 Å². The van der Waals surface area contributed by atoms with Crippen molar-refractivity contribution in [1.82, 2.24) is 19.9 Å². The van der Waals surface area contributed by atoms with Crippen LogP contribution in [0.15, 0.2) is 125 Å². The maximum atomic E-state index is 12.8. The lowest BCUT2D eigenvalue weighted by Crippen LogP contribution is -2.24. The molecule has 0 radical (unpaired) electrons. The summed E-state index contributed by atoms with van der Waals surface area (Å²) < 4.78 is 1.85. The Balaban J connectivity index is 1.42. The average molecular weight is 487 g/mol. The van der Waals surface area contributed by atoms with E-state index in [9.17, 15) is 4.79 Å². The van der Waals surface area contributed by atoms with E-state index in [2.05, 4.69) is 47.8 Å². The molecule has 36 heavy (non-hydrogen) atoms. The first-order valence-electron chi connectivity index (χ1n) is 11.7. The molecule has 1 amide bonds. The van der Waals surface area contributed by atoms with Crippen molar-refractivity contribution < 1.29 is 4.79 Å². The summed E-state index contributed by atoms with van der Waals surface area (Å²) in [4.78, 5) is 18.9. The molecule has 0 unspecified atom stereocenters. The van der Waals surface area contributed by atoms with Gasteiger partial charge in [-0.15, -0.1) is 0 Å². The Hall–Kier alpha value is -4.42. The zero-order valence-electron chi connectivity index (χ0n) is 19.3. The Labute approximate surface area is 212 Å². The molecule has 0 spiro atoms. The van der Waals surface area contributed by atoms with Crippen molar-refractivity contribution in [3.05, 3.63) is 127 Å². The zero-order chi connectivity index (χ0) is 24.3. The van der Waals surface area contributed by atoms with Crippen LogP contribution in [0.1, 0.15) is 16.1 Å². The normalized spacial score (nSPS) is 11.1. The number of hydrogen-bond acceptors (Lipinski definition) is 4. The highest BCUT2D eigenvalue weighted by atomic mass is 32.2. The summed E-state index contributed by atoms with van der Waals surface area (Å²) in [6, 6.07) is 37.9. The number of carbonyl (C=O) groups excluding carboxylic acids is 1. The van der Waals surface area contributed by atoms with Gasteiger partial charge in [-0.05, 0) is 53.2 Å². The molecule has 6 aromatic rings. The van der Waals surface area contributed by atoms with E-state index in [1.54, 1.807) is 23.9 Å². The van der Waals surface area contributed by atoms with E-state index in [0.29, 0.717) is 12.1 Å². The molecule has 4 aromatic carbocycles. The Kier molecular flexibility index (Phi) is 5.93. The molecule has 2 heterocycles. The van der Waals surface area contributed by atoms with Gasteiger partial charge < -0.3 is 5.32 Å². The Morgan fingerprint density at radius 1 is 0.778 bits per heavy atom. The molecule has 0 aliphatic carbocycles. The van der Waals surface area contributed by atoms with Gasteiger partial charge in [-0.25, -0.2) is 9.50 Å². The SMILES string of the molecule is O=C(NCc1c(-c2ccc3ccccc3c2)nc2ccc(Sc3ccccc3)nn12)c1ccccc1. The predicted molar refractivity (Wildman–Crippen MR) is 144 cm³/mol. The van der Waals surface area contributed by atoms with E-state index in [0.717, 1.165) is 37.9 Å². The average Bonchev–Trinajstić information content (AvgIpc) is 3.30. The van der Waals surface area contributed by atoms with Gasteiger partial charge in [0.25, 0.3) is 5.91 Å². The summed E-state index contributed by atoms with van der Waals surface area (Å²) >= 11 is 1.59. The first kappa shape index (κ1) is 22.1. The first-order valence-corrected chi connectivity index (χ1v) is 12.5. The van der Waals surface area contributed by atoms with Crippen LogP contribution < -0.4 is 5.32 Å². The van der Waals surface area contributed by atoms with Gasteiger partial charge in [-0.2, -0.15) is 5.10 Å². The molecule has 0 aliphatic rings. The third-order valence-electron chi connectivity index (χ3n) is 5.99. The highest BCUT2D eigenvalue weighted by molar-refractivity contribution is 7.99. The minimum atomic E-state index is -0.134. The number of rotatable bonds is 6. The van der Waals surface area contributed by atoms with Gasteiger partial charge in [0, 0.05) is 16.0 Å². The maximum absolute atomic E-state index is 12.8. The van der Waals surface area contributed by atoms with E-state index < -0.39 is 0 Å². The number of hydrogen-bond donors (Lipinski definition) is 1. The quantitative estimate of drug-likeness (QED) is 0.287. The van der Waals surface area contributed by atoms with Crippen LogP contribution in [0.2, 0.25) is 0 Å². The third kappa shape index (κ3) is 4.46. The lowest BCUT2D eigenvalue weighted by atomic mass is 10.0. The fraction of sp³-hybridized carbons (Fsp3) is 0.0333. The molecule has 0 atom stereocenters. The fourth-order valence-electron chi connectivity index (χ4n) is 4.21. The van der Waals surface area contributed by atoms with Gasteiger partial charge >= 0.3 is 0 Å². The van der Waals surface area contributed by atoms with E-state index in [-0.39, 0.29) is 5.91 Å². The molecule has 1 N–H and O–H groups in total. The van der Waals surface area contributed by atoms with Crippen LogP contribution in [0.5, 0.6) is 0 Å². The zero-order valence-corrected chi connectivity index (χ0v) is 20.2. The van der Waals surface area contributed by atoms with Crippen LogP contribution in [-0.2, 0) is 6.54 Å². The number of imidazole rings is 1. The van der Waals surface area contributed by atoms with E-state index in [1.807, 2.05) is 65.2 Å². The Morgan fingerprint density at radius 3 is 2.31 bits per heavy atom. The summed E-state index contributed by atoms with van der Waals surface area (Å²) in [5.41, 5.74) is 3.98. The number of nitrogens with zero attached hydrogens (tertiary/aromatic N) is 3. The molecule has 0 fully saturated rings. The van der Waals surface area contributed by atoms with Gasteiger partial charge in [-0.1, -0.05) is 84.6 Å². The number of carbonyl (C=O) groups is 1. The molecule has 2 aromatic heterocycles. The van der Waals surface area contributed by atoms with Crippen LogP contribution >= 0.6 is 11.8 Å². The summed E-state index contributed by atoms with van der Waals surface area (Å²) in [6.07, 6.45) is 0. The van der Waals surface area contributed by atoms with Crippen molar-refractivity contribution in [2.24, 2.45) is 0 Å². The Morgan fingerprint density at radius 2 is 1.50 bits per heavy atom. The maximum Gasteiger partial charge on any atom is 0.251 e. The molecular formula is C30H22N4OS. The number of amides is 1. The fourth-order valence-corrected chi connectivity index (χ4v) is 5.00. The number of fused-ring (bicyclic) bond motifs is 2. The number of aromatic nitrogens is 3. The molecule has 0 aliphatic heterocycles. The first-order chi connectivity index (χ1) is 17.7. The van der Waals surface area contributed by atoms with Crippen molar-refractivity contribution in [3.63, 3.8) is 0 Å². The van der Waals surface area contributed by atoms with Crippen LogP contribution in [0.3, 0.4) is 0 Å². The van der Waals surface area contributed by atoms with Gasteiger partial charge in [0.1, 0.15) is 5.03 Å². The topological polar surface area (TPSA) is 59.3 Å². The molecule has 6 rings (SSSR count). The van der Waals surface area contributed by atoms with Crippen molar-refractivity contribution in [2.45, 2.75) is 16.5 Å². The smallest absolute Gasteiger partial charge is 0.251 e. The molecule has 0 saturated carbocycles. The standard InChI is InChI=1S/C30H22N4OS/c35-30(22-10-3-1-4-11-22)31-20-26-29(24-16-15-21-9-7-8-12-23(21)19-24)32-27-17-18-28(33-34(26)27)36-25-13-5-2-6-14-25/h1-19H,20H2,(H,31,35). The summed E-state index contributed by atoms with van der Waals surface area (Å²) in [5, 5.41) is 11.1. The van der Waals surface area contributed by atoms with E-state index >= 15 is 0 Å². The lowest BCUT2D eigenvalue weighted by molar-refractivity contribution is 0.0950. The predicted octanol–water partition coefficient (Wildman–Crippen LogP) is 6.63. The third-order valence-corrected chi connectivity index (χ3v) is 6.92. The van der Waals surface area contributed by atoms with E-state index in [1.165, 1.54) is 5.39 Å². The summed E-state index contributed by atoms with van der Waals surface area (Å²) in [7, 11) is 0. The second-order valence-electron chi connectivity index (χ2n) is 8.37. The summed E-state index contributed by atoms with van der Waals surface area (Å²) in [5.74, 6) is -0.134. The Bertz CT molecular complexity index is 1680. The van der Waals surface area contributed by atoms with Crippen molar-refractivity contribution in [3.8, 4) is 11.3 Å². The van der Waals surface area contributed by atoms with Gasteiger partial charge in [0.2, 0.25) is 0 Å². The minimum absolute atomic E-state index is 0.134. The van der Waals surface area contributed by atoms with Gasteiger partial charge in [-0.3, -0.25) is 4.79 Å².